The minimum Gasteiger partial charge on any atom is -0.353 e. The summed E-state index contributed by atoms with van der Waals surface area (Å²) in [7, 11) is 0. The molecule has 116 valence electrons. The molecule has 1 aromatic carbocycles. The highest BCUT2D eigenvalue weighted by molar-refractivity contribution is 5.79. The van der Waals surface area contributed by atoms with Crippen LogP contribution in [0.2, 0.25) is 0 Å². The second-order valence-corrected chi connectivity index (χ2v) is 5.48. The van der Waals surface area contributed by atoms with E-state index < -0.39 is 11.7 Å². The van der Waals surface area contributed by atoms with Crippen LogP contribution in [0, 0.1) is 5.92 Å². The molecule has 1 amide bonds. The highest BCUT2D eigenvalue weighted by Gasteiger charge is 2.31. The third-order valence-corrected chi connectivity index (χ3v) is 3.93. The topological polar surface area (TPSA) is 55.1 Å². The van der Waals surface area contributed by atoms with Gasteiger partial charge in [0, 0.05) is 6.04 Å². The Bertz CT molecular complexity index is 502. The molecule has 0 heterocycles. The highest BCUT2D eigenvalue weighted by Crippen LogP contribution is 2.29. The summed E-state index contributed by atoms with van der Waals surface area (Å²) < 4.78 is 37.8. The predicted molar refractivity (Wildman–Crippen MR) is 73.5 cm³/mol. The van der Waals surface area contributed by atoms with Crippen molar-refractivity contribution in [2.75, 3.05) is 6.54 Å². The first-order valence-electron chi connectivity index (χ1n) is 7.05. The molecule has 0 saturated heterocycles. The molecule has 2 rings (SSSR count). The number of hydrogen-bond acceptors (Lipinski definition) is 2. The number of nitrogens with two attached hydrogens (primary N) is 1. The molecule has 1 saturated carbocycles. The largest absolute Gasteiger partial charge is 0.416 e. The number of halogens is 3. The van der Waals surface area contributed by atoms with E-state index in [0.717, 1.165) is 31.4 Å². The number of alkyl halides is 3. The molecule has 2 unspecified atom stereocenters. The fourth-order valence-corrected chi connectivity index (χ4v) is 2.81. The zero-order valence-corrected chi connectivity index (χ0v) is 11.6. The summed E-state index contributed by atoms with van der Waals surface area (Å²) in [6.07, 6.45) is -1.53. The summed E-state index contributed by atoms with van der Waals surface area (Å²) in [5.41, 5.74) is 5.28. The van der Waals surface area contributed by atoms with Gasteiger partial charge >= 0.3 is 6.18 Å². The van der Waals surface area contributed by atoms with Crippen molar-refractivity contribution in [3.05, 3.63) is 35.4 Å². The van der Waals surface area contributed by atoms with Gasteiger partial charge in [-0.15, -0.1) is 0 Å². The monoisotopic (exact) mass is 300 g/mol. The number of benzene rings is 1. The number of hydrogen-bond donors (Lipinski definition) is 2. The van der Waals surface area contributed by atoms with Crippen LogP contribution in [0.15, 0.2) is 24.3 Å². The molecule has 1 aromatic rings. The van der Waals surface area contributed by atoms with Crippen molar-refractivity contribution in [3.63, 3.8) is 0 Å². The van der Waals surface area contributed by atoms with Crippen molar-refractivity contribution < 1.29 is 18.0 Å². The molecule has 0 radical (unpaired) electrons. The average Bonchev–Trinajstić information content (AvgIpc) is 2.85. The fraction of sp³-hybridized carbons (Fsp3) is 0.533. The van der Waals surface area contributed by atoms with E-state index in [-0.39, 0.29) is 24.3 Å². The quantitative estimate of drug-likeness (QED) is 0.897. The Kier molecular flexibility index (Phi) is 4.88. The van der Waals surface area contributed by atoms with Crippen LogP contribution in [-0.2, 0) is 17.4 Å². The molecule has 0 bridgehead atoms. The van der Waals surface area contributed by atoms with E-state index in [2.05, 4.69) is 5.32 Å². The molecule has 0 spiro atoms. The van der Waals surface area contributed by atoms with Gasteiger partial charge in [0.15, 0.2) is 0 Å². The molecule has 2 atom stereocenters. The van der Waals surface area contributed by atoms with Gasteiger partial charge in [-0.25, -0.2) is 0 Å². The van der Waals surface area contributed by atoms with E-state index >= 15 is 0 Å². The molecule has 0 aromatic heterocycles. The lowest BCUT2D eigenvalue weighted by atomic mass is 10.0. The van der Waals surface area contributed by atoms with Crippen molar-refractivity contribution in [1.29, 1.82) is 0 Å². The van der Waals surface area contributed by atoms with Crippen molar-refractivity contribution in [1.82, 2.24) is 5.32 Å². The minimum absolute atomic E-state index is 0.0439. The Balaban J connectivity index is 1.97. The SMILES string of the molecule is NCC1CCCC1NC(=O)Cc1cccc(C(F)(F)F)c1. The Morgan fingerprint density at radius 3 is 2.76 bits per heavy atom. The van der Waals surface area contributed by atoms with Gasteiger partial charge in [0.2, 0.25) is 5.91 Å². The van der Waals surface area contributed by atoms with Crippen molar-refractivity contribution >= 4 is 5.91 Å². The second kappa shape index (κ2) is 6.47. The number of carbonyl (C=O) groups is 1. The zero-order chi connectivity index (χ0) is 15.5. The standard InChI is InChI=1S/C15H19F3N2O/c16-15(17,18)12-5-1-3-10(7-12)8-14(21)20-13-6-2-4-11(13)9-19/h1,3,5,7,11,13H,2,4,6,8-9,19H2,(H,20,21). The first-order valence-corrected chi connectivity index (χ1v) is 7.05. The molecule has 1 aliphatic carbocycles. The van der Waals surface area contributed by atoms with Crippen LogP contribution in [0.25, 0.3) is 0 Å². The maximum absolute atomic E-state index is 12.6. The summed E-state index contributed by atoms with van der Waals surface area (Å²) in [6, 6.07) is 4.93. The van der Waals surface area contributed by atoms with E-state index in [1.54, 1.807) is 0 Å². The third-order valence-electron chi connectivity index (χ3n) is 3.93. The van der Waals surface area contributed by atoms with E-state index in [1.165, 1.54) is 12.1 Å². The summed E-state index contributed by atoms with van der Waals surface area (Å²) in [6.45, 7) is 0.522. The number of rotatable bonds is 4. The average molecular weight is 300 g/mol. The van der Waals surface area contributed by atoms with Crippen LogP contribution in [0.4, 0.5) is 13.2 Å². The van der Waals surface area contributed by atoms with Gasteiger partial charge in [0.25, 0.3) is 0 Å². The second-order valence-electron chi connectivity index (χ2n) is 5.48. The molecule has 0 aliphatic heterocycles. The van der Waals surface area contributed by atoms with Gasteiger partial charge in [-0.05, 0) is 36.9 Å². The van der Waals surface area contributed by atoms with Crippen LogP contribution in [0.3, 0.4) is 0 Å². The maximum atomic E-state index is 12.6. The first kappa shape index (κ1) is 15.8. The van der Waals surface area contributed by atoms with E-state index in [9.17, 15) is 18.0 Å². The van der Waals surface area contributed by atoms with Gasteiger partial charge in [-0.3, -0.25) is 4.79 Å². The van der Waals surface area contributed by atoms with Crippen LogP contribution in [0.1, 0.15) is 30.4 Å². The minimum atomic E-state index is -4.39. The normalized spacial score (nSPS) is 22.3. The molecule has 21 heavy (non-hydrogen) atoms. The molecule has 3 N–H and O–H groups in total. The number of nitrogens with one attached hydrogen (secondary N) is 1. The Labute approximate surface area is 121 Å². The highest BCUT2D eigenvalue weighted by atomic mass is 19.4. The van der Waals surface area contributed by atoms with Gasteiger partial charge < -0.3 is 11.1 Å². The van der Waals surface area contributed by atoms with E-state index in [4.69, 9.17) is 5.73 Å². The lowest BCUT2D eigenvalue weighted by molar-refractivity contribution is -0.137. The van der Waals surface area contributed by atoms with Crippen LogP contribution in [-0.4, -0.2) is 18.5 Å². The first-order chi connectivity index (χ1) is 9.90. The Hall–Kier alpha value is -1.56. The molecular weight excluding hydrogens is 281 g/mol. The maximum Gasteiger partial charge on any atom is 0.416 e. The molecular formula is C15H19F3N2O. The molecule has 1 fully saturated rings. The van der Waals surface area contributed by atoms with Crippen LogP contribution < -0.4 is 11.1 Å². The predicted octanol–water partition coefficient (Wildman–Crippen LogP) is 2.49. The van der Waals surface area contributed by atoms with Gasteiger partial charge in [0.05, 0.1) is 12.0 Å². The summed E-state index contributed by atoms with van der Waals surface area (Å²) in [4.78, 5) is 12.0. The summed E-state index contributed by atoms with van der Waals surface area (Å²) >= 11 is 0. The van der Waals surface area contributed by atoms with Crippen molar-refractivity contribution in [3.8, 4) is 0 Å². The zero-order valence-electron chi connectivity index (χ0n) is 11.6. The van der Waals surface area contributed by atoms with Crippen LogP contribution in [0.5, 0.6) is 0 Å². The molecule has 1 aliphatic rings. The number of amides is 1. The summed E-state index contributed by atoms with van der Waals surface area (Å²) in [5.74, 6) is 0.0233. The molecule has 3 nitrogen and oxygen atoms in total. The Morgan fingerprint density at radius 1 is 1.33 bits per heavy atom. The fourth-order valence-electron chi connectivity index (χ4n) is 2.81. The van der Waals surface area contributed by atoms with Gasteiger partial charge in [-0.1, -0.05) is 24.6 Å². The van der Waals surface area contributed by atoms with Crippen molar-refractivity contribution in [2.24, 2.45) is 11.7 Å². The van der Waals surface area contributed by atoms with Gasteiger partial charge in [0.1, 0.15) is 0 Å². The van der Waals surface area contributed by atoms with E-state index in [0.29, 0.717) is 12.1 Å². The van der Waals surface area contributed by atoms with E-state index in [1.807, 2.05) is 0 Å². The van der Waals surface area contributed by atoms with Crippen molar-refractivity contribution in [2.45, 2.75) is 37.9 Å². The van der Waals surface area contributed by atoms with Gasteiger partial charge in [-0.2, -0.15) is 13.2 Å². The molecule has 6 heteroatoms. The lowest BCUT2D eigenvalue weighted by Crippen LogP contribution is -2.40. The van der Waals surface area contributed by atoms with Crippen LogP contribution >= 0.6 is 0 Å². The number of carbonyl (C=O) groups excluding carboxylic acids is 1. The smallest absolute Gasteiger partial charge is 0.353 e. The third kappa shape index (κ3) is 4.20. The summed E-state index contributed by atoms with van der Waals surface area (Å²) in [5, 5.41) is 2.89. The lowest BCUT2D eigenvalue weighted by Gasteiger charge is -2.19. The Morgan fingerprint density at radius 2 is 2.10 bits per heavy atom.